The number of fused-ring (bicyclic) bond motifs is 1. The number of sulfone groups is 1. The van der Waals surface area contributed by atoms with E-state index in [4.69, 9.17) is 0 Å². The van der Waals surface area contributed by atoms with Crippen LogP contribution < -0.4 is 5.56 Å². The normalized spacial score (nSPS) is 11.6. The van der Waals surface area contributed by atoms with Gasteiger partial charge >= 0.3 is 0 Å². The molecule has 0 aliphatic carbocycles. The molecule has 0 unspecified atom stereocenters. The highest BCUT2D eigenvalue weighted by Crippen LogP contribution is 2.44. The second-order valence-electron chi connectivity index (χ2n) is 6.34. The number of Topliss-reactive ketones (excluding diaryl/α,β-unsaturated/α-hetero) is 1. The van der Waals surface area contributed by atoms with Gasteiger partial charge in [0.05, 0.1) is 25.1 Å². The van der Waals surface area contributed by atoms with E-state index in [0.29, 0.717) is 9.77 Å². The molecule has 152 valence electrons. The number of thioether (sulfide) groups is 1. The van der Waals surface area contributed by atoms with Crippen LogP contribution in [-0.2, 0) is 9.84 Å². The van der Waals surface area contributed by atoms with Crippen molar-refractivity contribution >= 4 is 48.9 Å². The Morgan fingerprint density at radius 1 is 1.03 bits per heavy atom. The second kappa shape index (κ2) is 8.10. The van der Waals surface area contributed by atoms with Crippen LogP contribution in [0.4, 0.5) is 0 Å². The highest BCUT2D eigenvalue weighted by atomic mass is 32.2. The Kier molecular flexibility index (Phi) is 5.50. The number of nitrogens with one attached hydrogen (secondary N) is 1. The summed E-state index contributed by atoms with van der Waals surface area (Å²) in [5, 5.41) is 10.2. The van der Waals surface area contributed by atoms with Crippen LogP contribution in [0.3, 0.4) is 0 Å². The van der Waals surface area contributed by atoms with E-state index in [2.05, 4.69) is 4.98 Å². The van der Waals surface area contributed by atoms with Crippen molar-refractivity contribution in [2.45, 2.75) is 14.0 Å². The van der Waals surface area contributed by atoms with Gasteiger partial charge in [0.15, 0.2) is 5.78 Å². The van der Waals surface area contributed by atoms with Crippen LogP contribution in [0.1, 0.15) is 10.4 Å². The third-order valence-electron chi connectivity index (χ3n) is 4.34. The van der Waals surface area contributed by atoms with E-state index in [1.54, 1.807) is 48.5 Å². The third kappa shape index (κ3) is 3.79. The number of carbonyl (C=O) groups excluding carboxylic acids is 1. The topological polar surface area (TPSA) is 104 Å². The van der Waals surface area contributed by atoms with Crippen LogP contribution in [0.5, 0.6) is 5.75 Å². The molecule has 4 aromatic rings. The summed E-state index contributed by atoms with van der Waals surface area (Å²) in [4.78, 5) is 26.9. The van der Waals surface area contributed by atoms with Gasteiger partial charge in [-0.15, -0.1) is 23.1 Å². The van der Waals surface area contributed by atoms with Crippen LogP contribution in [0.25, 0.3) is 10.2 Å². The Hall–Kier alpha value is -2.88. The van der Waals surface area contributed by atoms with Gasteiger partial charge < -0.3 is 10.1 Å². The number of hydrogen-bond acceptors (Lipinski definition) is 7. The summed E-state index contributed by atoms with van der Waals surface area (Å²) in [5.74, 6) is -0.442. The van der Waals surface area contributed by atoms with Crippen LogP contribution in [-0.4, -0.2) is 30.0 Å². The largest absolute Gasteiger partial charge is 0.506 e. The molecule has 9 heteroatoms. The van der Waals surface area contributed by atoms with Crippen molar-refractivity contribution in [3.05, 3.63) is 82.6 Å². The first-order valence-electron chi connectivity index (χ1n) is 8.78. The molecule has 0 atom stereocenters. The van der Waals surface area contributed by atoms with Crippen LogP contribution in [0, 0.1) is 0 Å². The fourth-order valence-electron chi connectivity index (χ4n) is 2.93. The van der Waals surface area contributed by atoms with E-state index < -0.39 is 15.4 Å². The van der Waals surface area contributed by atoms with Gasteiger partial charge in [-0.1, -0.05) is 48.5 Å². The lowest BCUT2D eigenvalue weighted by atomic mass is 10.2. The van der Waals surface area contributed by atoms with Crippen molar-refractivity contribution in [1.82, 2.24) is 4.98 Å². The summed E-state index contributed by atoms with van der Waals surface area (Å²) >= 11 is 2.10. The zero-order chi connectivity index (χ0) is 21.3. The van der Waals surface area contributed by atoms with Crippen molar-refractivity contribution in [2.75, 3.05) is 5.75 Å². The molecule has 0 amide bonds. The molecule has 2 aromatic carbocycles. The van der Waals surface area contributed by atoms with Gasteiger partial charge in [0.2, 0.25) is 9.84 Å². The minimum atomic E-state index is -4.00. The zero-order valence-electron chi connectivity index (χ0n) is 15.4. The predicted molar refractivity (Wildman–Crippen MR) is 118 cm³/mol. The summed E-state index contributed by atoms with van der Waals surface area (Å²) in [5.41, 5.74) is -0.0439. The summed E-state index contributed by atoms with van der Waals surface area (Å²) in [6, 6.07) is 17.5. The molecule has 30 heavy (non-hydrogen) atoms. The van der Waals surface area contributed by atoms with Crippen molar-refractivity contribution in [3.8, 4) is 5.75 Å². The molecule has 0 spiro atoms. The lowest BCUT2D eigenvalue weighted by Crippen LogP contribution is -2.08. The standard InChI is InChI=1S/C21H15NO5S3/c23-15-11-17(25)22-18-19(15)29-21(28-12-16(24)13-7-3-1-4-8-13)20(18)30(26,27)14-9-5-2-6-10-14/h1-11H,12H2,(H2,22,23,25). The maximum Gasteiger partial charge on any atom is 0.252 e. The number of hydrogen-bond donors (Lipinski definition) is 2. The zero-order valence-corrected chi connectivity index (χ0v) is 17.8. The fourth-order valence-corrected chi connectivity index (χ4v) is 7.47. The smallest absolute Gasteiger partial charge is 0.252 e. The molecule has 4 rings (SSSR count). The van der Waals surface area contributed by atoms with Crippen molar-refractivity contribution < 1.29 is 18.3 Å². The van der Waals surface area contributed by atoms with Crippen molar-refractivity contribution in [3.63, 3.8) is 0 Å². The minimum Gasteiger partial charge on any atom is -0.506 e. The molecule has 2 N–H and O–H groups in total. The quantitative estimate of drug-likeness (QED) is 0.334. The number of ketones is 1. The monoisotopic (exact) mass is 457 g/mol. The van der Waals surface area contributed by atoms with E-state index in [1.165, 1.54) is 12.1 Å². The number of thiophene rings is 1. The number of benzene rings is 2. The molecule has 6 nitrogen and oxygen atoms in total. The number of H-pyrrole nitrogens is 1. The number of rotatable bonds is 6. The highest BCUT2D eigenvalue weighted by Gasteiger charge is 2.29. The van der Waals surface area contributed by atoms with E-state index >= 15 is 0 Å². The second-order valence-corrected chi connectivity index (χ2v) is 10.5. The molecular formula is C21H15NO5S3. The number of aromatic amines is 1. The van der Waals surface area contributed by atoms with Gasteiger partial charge in [0, 0.05) is 11.6 Å². The average molecular weight is 458 g/mol. The minimum absolute atomic E-state index is 0.0130. The number of aromatic nitrogens is 1. The van der Waals surface area contributed by atoms with E-state index in [0.717, 1.165) is 29.2 Å². The number of carbonyl (C=O) groups is 1. The van der Waals surface area contributed by atoms with Crippen LogP contribution in [0.15, 0.2) is 85.5 Å². The summed E-state index contributed by atoms with van der Waals surface area (Å²) in [6.45, 7) is 0. The summed E-state index contributed by atoms with van der Waals surface area (Å²) in [7, 11) is -4.00. The molecule has 0 aliphatic heterocycles. The lowest BCUT2D eigenvalue weighted by Gasteiger charge is -2.07. The Bertz CT molecular complexity index is 1390. The Morgan fingerprint density at radius 2 is 1.67 bits per heavy atom. The maximum absolute atomic E-state index is 13.4. The number of aromatic hydroxyl groups is 1. The molecule has 0 fully saturated rings. The van der Waals surface area contributed by atoms with E-state index in [9.17, 15) is 23.1 Å². The van der Waals surface area contributed by atoms with Crippen molar-refractivity contribution in [2.24, 2.45) is 0 Å². The van der Waals surface area contributed by atoms with Gasteiger partial charge in [-0.05, 0) is 12.1 Å². The molecule has 0 radical (unpaired) electrons. The van der Waals surface area contributed by atoms with Crippen LogP contribution >= 0.6 is 23.1 Å². The average Bonchev–Trinajstić information content (AvgIpc) is 3.12. The first-order valence-corrected chi connectivity index (χ1v) is 12.1. The van der Waals surface area contributed by atoms with Crippen LogP contribution in [0.2, 0.25) is 0 Å². The van der Waals surface area contributed by atoms with Crippen molar-refractivity contribution in [1.29, 1.82) is 0 Å². The number of pyridine rings is 1. The Balaban J connectivity index is 1.83. The summed E-state index contributed by atoms with van der Waals surface area (Å²) in [6.07, 6.45) is 0. The molecule has 0 saturated heterocycles. The Morgan fingerprint density at radius 3 is 2.33 bits per heavy atom. The maximum atomic E-state index is 13.4. The van der Waals surface area contributed by atoms with E-state index in [1.807, 2.05) is 0 Å². The van der Waals surface area contributed by atoms with Gasteiger partial charge in [-0.2, -0.15) is 0 Å². The molecule has 2 aromatic heterocycles. The molecular weight excluding hydrogens is 442 g/mol. The van der Waals surface area contributed by atoms with Gasteiger partial charge in [-0.25, -0.2) is 8.42 Å². The SMILES string of the molecule is O=C(CSc1sc2c(O)cc(=O)[nH]c2c1S(=O)(=O)c1ccccc1)c1ccccc1. The molecule has 0 aliphatic rings. The first-order chi connectivity index (χ1) is 14.4. The van der Waals surface area contributed by atoms with Gasteiger partial charge in [0.25, 0.3) is 5.56 Å². The molecule has 0 saturated carbocycles. The van der Waals surface area contributed by atoms with Gasteiger partial charge in [-0.3, -0.25) is 9.59 Å². The molecule has 0 bridgehead atoms. The highest BCUT2D eigenvalue weighted by molar-refractivity contribution is 8.02. The first kappa shape index (κ1) is 20.4. The lowest BCUT2D eigenvalue weighted by molar-refractivity contribution is 0.102. The molecule has 2 heterocycles. The third-order valence-corrected chi connectivity index (χ3v) is 8.92. The fraction of sp³-hybridized carbons (Fsp3) is 0.0476. The summed E-state index contributed by atoms with van der Waals surface area (Å²) < 4.78 is 27.3. The van der Waals surface area contributed by atoms with Gasteiger partial charge in [0.1, 0.15) is 10.6 Å². The Labute approximate surface area is 180 Å². The predicted octanol–water partition coefficient (Wildman–Crippen LogP) is 4.10. The van der Waals surface area contributed by atoms with E-state index in [-0.39, 0.29) is 37.3 Å².